The van der Waals surface area contributed by atoms with Crippen molar-refractivity contribution in [3.8, 4) is 17.5 Å². The molecule has 0 spiro atoms. The predicted molar refractivity (Wildman–Crippen MR) is 100 cm³/mol. The summed E-state index contributed by atoms with van der Waals surface area (Å²) in [5, 5.41) is 9.59. The number of rotatable bonds is 6. The summed E-state index contributed by atoms with van der Waals surface area (Å²) in [7, 11) is -3.58. The fourth-order valence-electron chi connectivity index (χ4n) is 2.59. The van der Waals surface area contributed by atoms with E-state index in [2.05, 4.69) is 16.0 Å². The summed E-state index contributed by atoms with van der Waals surface area (Å²) in [6.45, 7) is 4.00. The van der Waals surface area contributed by atoms with Crippen LogP contribution >= 0.6 is 7.60 Å². The maximum atomic E-state index is 13.3. The van der Waals surface area contributed by atoms with Gasteiger partial charge in [-0.1, -0.05) is 18.2 Å². The van der Waals surface area contributed by atoms with Crippen molar-refractivity contribution in [3.05, 3.63) is 54.1 Å². The van der Waals surface area contributed by atoms with Crippen LogP contribution in [-0.4, -0.2) is 23.2 Å². The lowest BCUT2D eigenvalue weighted by atomic mass is 10.1. The Bertz CT molecular complexity index is 1000. The second kappa shape index (κ2) is 7.76. The van der Waals surface area contributed by atoms with Crippen molar-refractivity contribution < 1.29 is 13.6 Å². The largest absolute Gasteiger partial charge is 0.380 e. The van der Waals surface area contributed by atoms with Crippen molar-refractivity contribution in [1.82, 2.24) is 9.97 Å². The zero-order valence-electron chi connectivity index (χ0n) is 14.5. The van der Waals surface area contributed by atoms with Crippen molar-refractivity contribution in [2.24, 2.45) is 0 Å². The van der Waals surface area contributed by atoms with Crippen LogP contribution in [0.5, 0.6) is 0 Å². The molecule has 0 saturated heterocycles. The first-order valence-electron chi connectivity index (χ1n) is 8.28. The molecule has 2 aromatic carbocycles. The lowest BCUT2D eigenvalue weighted by Crippen LogP contribution is -2.17. The summed E-state index contributed by atoms with van der Waals surface area (Å²) in [6.07, 6.45) is 0. The van der Waals surface area contributed by atoms with E-state index >= 15 is 0 Å². The summed E-state index contributed by atoms with van der Waals surface area (Å²) in [5.74, 6) is 0.405. The second-order valence-corrected chi connectivity index (χ2v) is 7.35. The Labute approximate surface area is 152 Å². The smallest absolute Gasteiger partial charge is 0.304 e. The second-order valence-electron chi connectivity index (χ2n) is 5.41. The van der Waals surface area contributed by atoms with Gasteiger partial charge in [-0.2, -0.15) is 5.26 Å². The fourth-order valence-corrected chi connectivity index (χ4v) is 4.29. The van der Waals surface area contributed by atoms with E-state index in [1.165, 1.54) is 0 Å². The SMILES string of the molecule is CCOP(=O)(OCC)c1nc(-c2ccc(C#N)cc2)nc2ccccc12. The first-order valence-corrected chi connectivity index (χ1v) is 9.82. The van der Waals surface area contributed by atoms with Crippen LogP contribution in [0.15, 0.2) is 48.5 Å². The molecule has 7 heteroatoms. The van der Waals surface area contributed by atoms with Gasteiger partial charge in [0.15, 0.2) is 11.3 Å². The third-order valence-electron chi connectivity index (χ3n) is 3.71. The molecule has 3 aromatic rings. The molecule has 0 aliphatic carbocycles. The van der Waals surface area contributed by atoms with E-state index in [0.29, 0.717) is 22.3 Å². The molecule has 0 N–H and O–H groups in total. The molecular formula is C19H18N3O3P. The molecule has 1 aromatic heterocycles. The van der Waals surface area contributed by atoms with Crippen LogP contribution in [-0.2, 0) is 13.6 Å². The highest BCUT2D eigenvalue weighted by Crippen LogP contribution is 2.47. The molecule has 26 heavy (non-hydrogen) atoms. The zero-order valence-corrected chi connectivity index (χ0v) is 15.4. The lowest BCUT2D eigenvalue weighted by molar-refractivity contribution is 0.229. The topological polar surface area (TPSA) is 85.1 Å². The highest BCUT2D eigenvalue weighted by atomic mass is 31.2. The zero-order chi connectivity index (χ0) is 18.6. The maximum absolute atomic E-state index is 13.3. The molecule has 6 nitrogen and oxygen atoms in total. The highest BCUT2D eigenvalue weighted by Gasteiger charge is 2.32. The Morgan fingerprint density at radius 1 is 1.00 bits per heavy atom. The van der Waals surface area contributed by atoms with Gasteiger partial charge in [0, 0.05) is 10.9 Å². The first-order chi connectivity index (χ1) is 12.6. The Morgan fingerprint density at radius 3 is 2.27 bits per heavy atom. The van der Waals surface area contributed by atoms with E-state index in [9.17, 15) is 4.57 Å². The van der Waals surface area contributed by atoms with Gasteiger partial charge in [0.1, 0.15) is 0 Å². The van der Waals surface area contributed by atoms with Gasteiger partial charge >= 0.3 is 7.60 Å². The van der Waals surface area contributed by atoms with Gasteiger partial charge in [0.2, 0.25) is 0 Å². The molecule has 0 aliphatic heterocycles. The van der Waals surface area contributed by atoms with E-state index in [-0.39, 0.29) is 18.6 Å². The normalized spacial score (nSPS) is 11.4. The minimum Gasteiger partial charge on any atom is -0.304 e. The number of aromatic nitrogens is 2. The highest BCUT2D eigenvalue weighted by molar-refractivity contribution is 7.62. The molecule has 0 atom stereocenters. The molecule has 0 bridgehead atoms. The first kappa shape index (κ1) is 18.2. The molecule has 0 saturated carbocycles. The summed E-state index contributed by atoms with van der Waals surface area (Å²) < 4.78 is 24.3. The van der Waals surface area contributed by atoms with Crippen molar-refractivity contribution in [2.75, 3.05) is 13.2 Å². The number of benzene rings is 2. The maximum Gasteiger partial charge on any atom is 0.380 e. The van der Waals surface area contributed by atoms with Gasteiger partial charge in [-0.05, 0) is 44.2 Å². The monoisotopic (exact) mass is 367 g/mol. The van der Waals surface area contributed by atoms with Crippen LogP contribution in [0.1, 0.15) is 19.4 Å². The van der Waals surface area contributed by atoms with Crippen molar-refractivity contribution in [3.63, 3.8) is 0 Å². The molecule has 0 unspecified atom stereocenters. The number of nitriles is 1. The number of fused-ring (bicyclic) bond motifs is 1. The standard InChI is InChI=1S/C19H18N3O3P/c1-3-24-26(23,25-4-2)19-16-7-5-6-8-17(16)21-18(22-19)15-11-9-14(13-20)10-12-15/h5-12H,3-4H2,1-2H3. The number of hydrogen-bond acceptors (Lipinski definition) is 6. The van der Waals surface area contributed by atoms with Gasteiger partial charge in [-0.15, -0.1) is 0 Å². The van der Waals surface area contributed by atoms with E-state index in [4.69, 9.17) is 14.3 Å². The molecule has 132 valence electrons. The van der Waals surface area contributed by atoms with Gasteiger partial charge in [0.25, 0.3) is 0 Å². The molecule has 0 amide bonds. The van der Waals surface area contributed by atoms with Crippen molar-refractivity contribution in [2.45, 2.75) is 13.8 Å². The summed E-state index contributed by atoms with van der Waals surface area (Å²) in [6, 6.07) is 16.3. The summed E-state index contributed by atoms with van der Waals surface area (Å²) in [5.41, 5.74) is 2.17. The van der Waals surface area contributed by atoms with Gasteiger partial charge in [-0.3, -0.25) is 4.57 Å². The van der Waals surface area contributed by atoms with Crippen LogP contribution in [0.4, 0.5) is 0 Å². The van der Waals surface area contributed by atoms with Gasteiger partial charge in [0.05, 0.1) is 30.4 Å². The molecule has 0 aliphatic rings. The van der Waals surface area contributed by atoms with E-state index in [1.807, 2.05) is 18.2 Å². The average molecular weight is 367 g/mol. The van der Waals surface area contributed by atoms with E-state index < -0.39 is 7.60 Å². The quantitative estimate of drug-likeness (QED) is 0.611. The van der Waals surface area contributed by atoms with Crippen LogP contribution in [0.2, 0.25) is 0 Å². The van der Waals surface area contributed by atoms with Gasteiger partial charge < -0.3 is 9.05 Å². The number of para-hydroxylation sites is 1. The van der Waals surface area contributed by atoms with Crippen LogP contribution < -0.4 is 5.44 Å². The molecule has 0 fully saturated rings. The fraction of sp³-hybridized carbons (Fsp3) is 0.211. The van der Waals surface area contributed by atoms with E-state index in [1.54, 1.807) is 44.2 Å². The molecule has 3 rings (SSSR count). The van der Waals surface area contributed by atoms with Crippen LogP contribution in [0, 0.1) is 11.3 Å². The minimum atomic E-state index is -3.58. The predicted octanol–water partition coefficient (Wildman–Crippen LogP) is 4.06. The third kappa shape index (κ3) is 3.51. The molecule has 1 heterocycles. The Balaban J connectivity index is 2.24. The number of nitrogens with zero attached hydrogens (tertiary/aromatic N) is 3. The molecule has 0 radical (unpaired) electrons. The van der Waals surface area contributed by atoms with Gasteiger partial charge in [-0.25, -0.2) is 9.97 Å². The summed E-state index contributed by atoms with van der Waals surface area (Å²) in [4.78, 5) is 9.10. The van der Waals surface area contributed by atoms with Crippen LogP contribution in [0.3, 0.4) is 0 Å². The van der Waals surface area contributed by atoms with Crippen LogP contribution in [0.25, 0.3) is 22.3 Å². The Hall–Kier alpha value is -2.58. The lowest BCUT2D eigenvalue weighted by Gasteiger charge is -2.18. The van der Waals surface area contributed by atoms with Crippen molar-refractivity contribution >= 4 is 23.9 Å². The Kier molecular flexibility index (Phi) is 5.43. The molecular weight excluding hydrogens is 349 g/mol. The van der Waals surface area contributed by atoms with E-state index in [0.717, 1.165) is 5.56 Å². The third-order valence-corrected chi connectivity index (χ3v) is 5.77. The number of hydrogen-bond donors (Lipinski definition) is 0. The Morgan fingerprint density at radius 2 is 1.65 bits per heavy atom. The van der Waals surface area contributed by atoms with Crippen molar-refractivity contribution in [1.29, 1.82) is 5.26 Å². The summed E-state index contributed by atoms with van der Waals surface area (Å²) >= 11 is 0. The minimum absolute atomic E-state index is 0.238. The average Bonchev–Trinajstić information content (AvgIpc) is 2.67.